The van der Waals surface area contributed by atoms with Gasteiger partial charge in [0.25, 0.3) is 0 Å². The highest BCUT2D eigenvalue weighted by molar-refractivity contribution is 5.69. The summed E-state index contributed by atoms with van der Waals surface area (Å²) in [6, 6.07) is 0. The lowest BCUT2D eigenvalue weighted by Crippen LogP contribution is -2.61. The number of carbonyl (C=O) groups excluding carboxylic acids is 1. The molecule has 11 unspecified atom stereocenters. The Bertz CT molecular complexity index is 1300. The Balaban J connectivity index is 1.72. The van der Waals surface area contributed by atoms with Gasteiger partial charge in [-0.1, -0.05) is 172 Å². The molecule has 14 nitrogen and oxygen atoms in total. The second-order valence-electron chi connectivity index (χ2n) is 19.8. The first-order chi connectivity index (χ1) is 34.1. The van der Waals surface area contributed by atoms with Crippen molar-refractivity contribution >= 4 is 5.97 Å². The van der Waals surface area contributed by atoms with Crippen LogP contribution in [-0.2, 0) is 33.2 Å². The van der Waals surface area contributed by atoms with E-state index < -0.39 is 80.7 Å². The first kappa shape index (κ1) is 64.3. The van der Waals surface area contributed by atoms with Gasteiger partial charge in [-0.25, -0.2) is 0 Å². The van der Waals surface area contributed by atoms with Gasteiger partial charge in [-0.3, -0.25) is 4.79 Å². The summed E-state index contributed by atoms with van der Waals surface area (Å²) in [6.45, 7) is 3.67. The van der Waals surface area contributed by atoms with E-state index in [-0.39, 0.29) is 25.6 Å². The minimum atomic E-state index is -1.71. The Morgan fingerprint density at radius 1 is 0.471 bits per heavy atom. The molecule has 0 aliphatic carbocycles. The number of rotatable bonds is 45. The number of aliphatic hydroxyl groups is 7. The van der Waals surface area contributed by atoms with E-state index in [4.69, 9.17) is 28.4 Å². The number of unbranched alkanes of at least 4 members (excludes halogenated alkanes) is 25. The fourth-order valence-electron chi connectivity index (χ4n) is 8.78. The van der Waals surface area contributed by atoms with Crippen molar-refractivity contribution in [1.29, 1.82) is 0 Å². The monoisotopic (exact) mass is 999 g/mol. The Kier molecular flexibility index (Phi) is 40.1. The maximum atomic E-state index is 13.0. The second kappa shape index (κ2) is 43.6. The molecule has 70 heavy (non-hydrogen) atoms. The third-order valence-electron chi connectivity index (χ3n) is 13.4. The van der Waals surface area contributed by atoms with Gasteiger partial charge in [0.05, 0.1) is 26.4 Å². The highest BCUT2D eigenvalue weighted by Crippen LogP contribution is 2.26. The van der Waals surface area contributed by atoms with Gasteiger partial charge in [0.1, 0.15) is 54.9 Å². The first-order valence-corrected chi connectivity index (χ1v) is 28.1. The fourth-order valence-corrected chi connectivity index (χ4v) is 8.78. The molecular formula is C56H102O14. The molecule has 410 valence electrons. The van der Waals surface area contributed by atoms with Gasteiger partial charge in [0.15, 0.2) is 12.6 Å². The highest BCUT2D eigenvalue weighted by Gasteiger charge is 2.47. The third-order valence-corrected chi connectivity index (χ3v) is 13.4. The molecule has 2 fully saturated rings. The standard InChI is InChI=1S/C56H102O14/c1-3-5-7-9-11-13-15-17-19-20-21-22-23-24-25-26-28-30-32-34-36-38-40-65-42-45(68-48(58)39-37-35-33-31-29-27-18-16-14-12-10-8-6-4-2)43-66-55-54(64)52(62)50(60)47(70-55)44-67-56-53(63)51(61)49(59)46(41-57)69-56/h15-18,20-21,45-47,49-57,59-64H,3-14,19,22-44H2,1-2H3/b17-15-,18-16-,21-20-. The molecule has 2 aliphatic rings. The maximum absolute atomic E-state index is 13.0. The van der Waals surface area contributed by atoms with Gasteiger partial charge in [0.2, 0.25) is 0 Å². The van der Waals surface area contributed by atoms with Crippen LogP contribution in [-0.4, -0.2) is 142 Å². The van der Waals surface area contributed by atoms with Crippen LogP contribution in [0.4, 0.5) is 0 Å². The number of esters is 1. The zero-order valence-electron chi connectivity index (χ0n) is 43.8. The molecule has 0 aromatic rings. The van der Waals surface area contributed by atoms with E-state index in [1.165, 1.54) is 122 Å². The van der Waals surface area contributed by atoms with E-state index in [0.717, 1.165) is 64.2 Å². The molecule has 2 rings (SSSR count). The van der Waals surface area contributed by atoms with Gasteiger partial charge in [-0.15, -0.1) is 0 Å². The van der Waals surface area contributed by atoms with Crippen LogP contribution in [0.5, 0.6) is 0 Å². The summed E-state index contributed by atoms with van der Waals surface area (Å²) in [5, 5.41) is 72.2. The van der Waals surface area contributed by atoms with E-state index in [9.17, 15) is 40.5 Å². The molecule has 2 heterocycles. The molecular weight excluding hydrogens is 897 g/mol. The molecule has 0 aromatic carbocycles. The molecule has 0 saturated carbocycles. The lowest BCUT2D eigenvalue weighted by molar-refractivity contribution is -0.332. The van der Waals surface area contributed by atoms with Crippen molar-refractivity contribution in [2.45, 2.75) is 280 Å². The van der Waals surface area contributed by atoms with Crippen molar-refractivity contribution in [2.75, 3.05) is 33.0 Å². The van der Waals surface area contributed by atoms with Crippen LogP contribution in [0.1, 0.15) is 213 Å². The number of carbonyl (C=O) groups is 1. The summed E-state index contributed by atoms with van der Waals surface area (Å²) >= 11 is 0. The minimum absolute atomic E-state index is 0.0573. The average Bonchev–Trinajstić information content (AvgIpc) is 3.36. The Morgan fingerprint density at radius 2 is 0.886 bits per heavy atom. The summed E-state index contributed by atoms with van der Waals surface area (Å²) in [4.78, 5) is 13.0. The van der Waals surface area contributed by atoms with Gasteiger partial charge in [0, 0.05) is 13.0 Å². The van der Waals surface area contributed by atoms with Gasteiger partial charge in [-0.05, 0) is 70.6 Å². The minimum Gasteiger partial charge on any atom is -0.457 e. The summed E-state index contributed by atoms with van der Waals surface area (Å²) in [7, 11) is 0. The van der Waals surface area contributed by atoms with Gasteiger partial charge >= 0.3 is 5.97 Å². The summed E-state index contributed by atoms with van der Waals surface area (Å²) in [6.07, 6.45) is 33.5. The number of allylic oxidation sites excluding steroid dienone is 6. The molecule has 7 N–H and O–H groups in total. The van der Waals surface area contributed by atoms with Gasteiger partial charge < -0.3 is 64.2 Å². The lowest BCUT2D eigenvalue weighted by Gasteiger charge is -2.42. The molecule has 2 saturated heterocycles. The summed E-state index contributed by atoms with van der Waals surface area (Å²) < 4.78 is 34.3. The van der Waals surface area contributed by atoms with Crippen molar-refractivity contribution in [3.05, 3.63) is 36.5 Å². The largest absolute Gasteiger partial charge is 0.457 e. The van der Waals surface area contributed by atoms with Crippen LogP contribution in [0.15, 0.2) is 36.5 Å². The number of aliphatic hydroxyl groups excluding tert-OH is 7. The zero-order chi connectivity index (χ0) is 50.9. The van der Waals surface area contributed by atoms with E-state index in [1.807, 2.05) is 0 Å². The lowest BCUT2D eigenvalue weighted by atomic mass is 9.98. The molecule has 2 aliphatic heterocycles. The average molecular weight is 999 g/mol. The SMILES string of the molecule is CCCCCCC/C=C\C/C=C\CCCCCCCCCCCCOCC(COC1OC(COC2OC(CO)C(O)C(O)C2O)C(O)C(O)C1O)OC(=O)CCCCCCC/C=C\CCCCCCC. The molecule has 0 bridgehead atoms. The van der Waals surface area contributed by atoms with Crippen LogP contribution in [0.25, 0.3) is 0 Å². The quantitative estimate of drug-likeness (QED) is 0.0172. The van der Waals surface area contributed by atoms with E-state index >= 15 is 0 Å². The van der Waals surface area contributed by atoms with E-state index in [2.05, 4.69) is 50.3 Å². The first-order valence-electron chi connectivity index (χ1n) is 28.1. The van der Waals surface area contributed by atoms with Crippen molar-refractivity contribution in [2.24, 2.45) is 0 Å². The predicted octanol–water partition coefficient (Wildman–Crippen LogP) is 9.36. The zero-order valence-corrected chi connectivity index (χ0v) is 43.8. The van der Waals surface area contributed by atoms with Crippen molar-refractivity contribution in [1.82, 2.24) is 0 Å². The molecule has 0 spiro atoms. The van der Waals surface area contributed by atoms with Crippen LogP contribution in [0.3, 0.4) is 0 Å². The molecule has 0 radical (unpaired) electrons. The number of ether oxygens (including phenoxy) is 6. The molecule has 0 amide bonds. The second-order valence-corrected chi connectivity index (χ2v) is 19.8. The van der Waals surface area contributed by atoms with Crippen LogP contribution >= 0.6 is 0 Å². The Morgan fingerprint density at radius 3 is 1.39 bits per heavy atom. The number of hydrogen-bond donors (Lipinski definition) is 7. The van der Waals surface area contributed by atoms with Crippen LogP contribution in [0.2, 0.25) is 0 Å². The normalized spacial score (nSPS) is 25.7. The van der Waals surface area contributed by atoms with E-state index in [0.29, 0.717) is 13.0 Å². The summed E-state index contributed by atoms with van der Waals surface area (Å²) in [5.74, 6) is -0.385. The van der Waals surface area contributed by atoms with Gasteiger partial charge in [-0.2, -0.15) is 0 Å². The molecule has 14 heteroatoms. The molecule has 11 atom stereocenters. The van der Waals surface area contributed by atoms with Crippen molar-refractivity contribution in [3.8, 4) is 0 Å². The van der Waals surface area contributed by atoms with Crippen LogP contribution in [0, 0.1) is 0 Å². The fraction of sp³-hybridized carbons (Fsp3) is 0.875. The number of hydrogen-bond acceptors (Lipinski definition) is 14. The molecule has 0 aromatic heterocycles. The van der Waals surface area contributed by atoms with Crippen LogP contribution < -0.4 is 0 Å². The third kappa shape index (κ3) is 30.4. The van der Waals surface area contributed by atoms with Crippen molar-refractivity contribution < 1.29 is 69.0 Å². The predicted molar refractivity (Wildman–Crippen MR) is 275 cm³/mol. The summed E-state index contributed by atoms with van der Waals surface area (Å²) in [5.41, 5.74) is 0. The Hall–Kier alpha value is -1.79. The highest BCUT2D eigenvalue weighted by atomic mass is 16.7. The van der Waals surface area contributed by atoms with Crippen molar-refractivity contribution in [3.63, 3.8) is 0 Å². The smallest absolute Gasteiger partial charge is 0.306 e. The Labute approximate surface area is 423 Å². The topological polar surface area (TPSA) is 214 Å². The van der Waals surface area contributed by atoms with E-state index in [1.54, 1.807) is 0 Å². The maximum Gasteiger partial charge on any atom is 0.306 e.